The van der Waals surface area contributed by atoms with E-state index < -0.39 is 0 Å². The lowest BCUT2D eigenvalue weighted by atomic mass is 10.1. The second-order valence-electron chi connectivity index (χ2n) is 6.32. The van der Waals surface area contributed by atoms with Crippen LogP contribution in [0, 0.1) is 0 Å². The highest BCUT2D eigenvalue weighted by Crippen LogP contribution is 2.37. The summed E-state index contributed by atoms with van der Waals surface area (Å²) < 4.78 is 2.64. The van der Waals surface area contributed by atoms with E-state index in [0.717, 1.165) is 20.9 Å². The predicted molar refractivity (Wildman–Crippen MR) is 113 cm³/mol. The van der Waals surface area contributed by atoms with Crippen LogP contribution in [0.5, 0.6) is 0 Å². The molecule has 0 unspecified atom stereocenters. The van der Waals surface area contributed by atoms with Crippen LogP contribution in [0.15, 0.2) is 72.9 Å². The molecule has 0 amide bonds. The van der Waals surface area contributed by atoms with E-state index in [-0.39, 0.29) is 0 Å². The molecule has 0 radical (unpaired) electrons. The minimum Gasteiger partial charge on any atom is -0.245 e. The summed E-state index contributed by atoms with van der Waals surface area (Å²) in [4.78, 5) is 11.5. The van der Waals surface area contributed by atoms with E-state index in [2.05, 4.69) is 65.6 Å². The third-order valence-corrected chi connectivity index (χ3v) is 6.95. The van der Waals surface area contributed by atoms with Crippen molar-refractivity contribution in [3.8, 4) is 11.3 Å². The van der Waals surface area contributed by atoms with E-state index >= 15 is 0 Å². The third kappa shape index (κ3) is 2.03. The van der Waals surface area contributed by atoms with E-state index in [4.69, 9.17) is 4.98 Å². The second-order valence-corrected chi connectivity index (χ2v) is 8.38. The molecule has 0 bridgehead atoms. The van der Waals surface area contributed by atoms with Crippen molar-refractivity contribution in [1.82, 2.24) is 9.97 Å². The van der Waals surface area contributed by atoms with Gasteiger partial charge in [-0.15, -0.1) is 11.3 Å². The predicted octanol–water partition coefficient (Wildman–Crippen LogP) is 6.88. The number of rotatable bonds is 1. The summed E-state index contributed by atoms with van der Waals surface area (Å²) in [5, 5.41) is 5.02. The Bertz CT molecular complexity index is 1330. The third-order valence-electron chi connectivity index (χ3n) is 4.79. The highest BCUT2D eigenvalue weighted by atomic mass is 32.1. The molecule has 0 aliphatic heterocycles. The van der Waals surface area contributed by atoms with Gasteiger partial charge in [-0.1, -0.05) is 41.7 Å². The van der Waals surface area contributed by atoms with Gasteiger partial charge in [0.25, 0.3) is 0 Å². The Hall–Kier alpha value is -2.82. The molecule has 4 heteroatoms. The average molecular weight is 368 g/mol. The lowest BCUT2D eigenvalue weighted by Gasteiger charge is -2.02. The number of benzene rings is 2. The lowest BCUT2D eigenvalue weighted by Crippen LogP contribution is -1.82. The first kappa shape index (κ1) is 14.4. The highest BCUT2D eigenvalue weighted by Gasteiger charge is 2.10. The van der Waals surface area contributed by atoms with Crippen LogP contribution >= 0.6 is 22.7 Å². The van der Waals surface area contributed by atoms with Gasteiger partial charge in [0.1, 0.15) is 9.66 Å². The normalized spacial score (nSPS) is 11.8. The van der Waals surface area contributed by atoms with Gasteiger partial charge >= 0.3 is 0 Å². The van der Waals surface area contributed by atoms with Crippen LogP contribution in [0.1, 0.15) is 0 Å². The number of fused-ring (bicyclic) bond motifs is 6. The molecule has 0 atom stereocenters. The zero-order chi connectivity index (χ0) is 17.1. The van der Waals surface area contributed by atoms with Crippen LogP contribution in [0.4, 0.5) is 0 Å². The van der Waals surface area contributed by atoms with Crippen molar-refractivity contribution in [2.45, 2.75) is 0 Å². The summed E-state index contributed by atoms with van der Waals surface area (Å²) in [5.41, 5.74) is 2.18. The Kier molecular flexibility index (Phi) is 2.95. The van der Waals surface area contributed by atoms with Crippen molar-refractivity contribution in [2.75, 3.05) is 0 Å². The standard InChI is InChI=1S/C22H12N2S2/c1-2-6-19-14(4-1)15-8-7-13(12-20(15)25-19)18-10-9-17-16-5-3-11-23-21(16)26-22(17)24-18/h1-12H. The molecule has 122 valence electrons. The molecule has 2 nitrogen and oxygen atoms in total. The van der Waals surface area contributed by atoms with Crippen molar-refractivity contribution in [2.24, 2.45) is 0 Å². The maximum absolute atomic E-state index is 4.93. The SMILES string of the molecule is c1ccc2c(c1)sc1cc(-c3ccc4c(n3)sc3ncccc34)ccc12. The Balaban J connectivity index is 1.57. The van der Waals surface area contributed by atoms with Gasteiger partial charge in [-0.3, -0.25) is 0 Å². The molecule has 0 aliphatic rings. The molecule has 4 heterocycles. The van der Waals surface area contributed by atoms with Crippen molar-refractivity contribution < 1.29 is 0 Å². The van der Waals surface area contributed by atoms with Gasteiger partial charge < -0.3 is 0 Å². The molecule has 0 spiro atoms. The quantitative estimate of drug-likeness (QED) is 0.316. The maximum atomic E-state index is 4.93. The summed E-state index contributed by atoms with van der Waals surface area (Å²) in [5.74, 6) is 0. The first-order valence-electron chi connectivity index (χ1n) is 8.43. The van der Waals surface area contributed by atoms with Gasteiger partial charge in [-0.05, 0) is 36.4 Å². The molecule has 6 rings (SSSR count). The Morgan fingerprint density at radius 3 is 2.42 bits per heavy atom. The van der Waals surface area contributed by atoms with Gasteiger partial charge in [-0.25, -0.2) is 9.97 Å². The molecular formula is C22H12N2S2. The summed E-state index contributed by atoms with van der Waals surface area (Å²) in [6.07, 6.45) is 1.84. The Labute approximate surface area is 157 Å². The molecule has 2 aromatic carbocycles. The lowest BCUT2D eigenvalue weighted by molar-refractivity contribution is 1.43. The molecule has 0 fully saturated rings. The van der Waals surface area contributed by atoms with Crippen LogP contribution in [-0.4, -0.2) is 9.97 Å². The van der Waals surface area contributed by atoms with Gasteiger partial charge in [0.05, 0.1) is 5.69 Å². The Morgan fingerprint density at radius 2 is 1.42 bits per heavy atom. The fourth-order valence-electron chi connectivity index (χ4n) is 3.54. The van der Waals surface area contributed by atoms with Crippen LogP contribution in [0.2, 0.25) is 0 Å². The van der Waals surface area contributed by atoms with Crippen molar-refractivity contribution in [3.63, 3.8) is 0 Å². The van der Waals surface area contributed by atoms with Crippen LogP contribution < -0.4 is 0 Å². The van der Waals surface area contributed by atoms with Crippen LogP contribution in [-0.2, 0) is 0 Å². The smallest absolute Gasteiger partial charge is 0.126 e. The first-order chi connectivity index (χ1) is 12.9. The van der Waals surface area contributed by atoms with Gasteiger partial charge in [0, 0.05) is 42.7 Å². The number of hydrogen-bond acceptors (Lipinski definition) is 4. The molecule has 0 N–H and O–H groups in total. The first-order valence-corrected chi connectivity index (χ1v) is 10.1. The van der Waals surface area contributed by atoms with Crippen molar-refractivity contribution in [1.29, 1.82) is 0 Å². The van der Waals surface area contributed by atoms with Crippen molar-refractivity contribution in [3.05, 3.63) is 72.9 Å². The topological polar surface area (TPSA) is 25.8 Å². The van der Waals surface area contributed by atoms with E-state index in [1.807, 2.05) is 23.6 Å². The minimum absolute atomic E-state index is 1.02. The largest absolute Gasteiger partial charge is 0.245 e. The van der Waals surface area contributed by atoms with Gasteiger partial charge in [0.2, 0.25) is 0 Å². The zero-order valence-electron chi connectivity index (χ0n) is 13.6. The number of pyridine rings is 2. The van der Waals surface area contributed by atoms with Gasteiger partial charge in [0.15, 0.2) is 0 Å². The molecule has 0 saturated heterocycles. The number of thiophene rings is 2. The fourth-order valence-corrected chi connectivity index (χ4v) is 5.70. The maximum Gasteiger partial charge on any atom is 0.126 e. The van der Waals surface area contributed by atoms with Crippen LogP contribution in [0.25, 0.3) is 51.9 Å². The summed E-state index contributed by atoms with van der Waals surface area (Å²) in [7, 11) is 0. The van der Waals surface area contributed by atoms with Gasteiger partial charge in [-0.2, -0.15) is 0 Å². The number of aromatic nitrogens is 2. The summed E-state index contributed by atoms with van der Waals surface area (Å²) in [6.45, 7) is 0. The highest BCUT2D eigenvalue weighted by molar-refractivity contribution is 7.26. The summed E-state index contributed by atoms with van der Waals surface area (Å²) >= 11 is 3.50. The fraction of sp³-hybridized carbons (Fsp3) is 0. The molecule has 4 aromatic heterocycles. The van der Waals surface area contributed by atoms with E-state index in [0.29, 0.717) is 0 Å². The molecule has 26 heavy (non-hydrogen) atoms. The Morgan fingerprint density at radius 1 is 0.615 bits per heavy atom. The minimum atomic E-state index is 1.02. The summed E-state index contributed by atoms with van der Waals surface area (Å²) in [6, 6.07) is 23.7. The monoisotopic (exact) mass is 368 g/mol. The molecular weight excluding hydrogens is 356 g/mol. The molecule has 6 aromatic rings. The van der Waals surface area contributed by atoms with Crippen LogP contribution in [0.3, 0.4) is 0 Å². The van der Waals surface area contributed by atoms with Crippen molar-refractivity contribution >= 4 is 63.3 Å². The average Bonchev–Trinajstić information content (AvgIpc) is 3.24. The number of hydrogen-bond donors (Lipinski definition) is 0. The number of nitrogens with zero attached hydrogens (tertiary/aromatic N) is 2. The zero-order valence-corrected chi connectivity index (χ0v) is 15.3. The molecule has 0 aliphatic carbocycles. The second kappa shape index (κ2) is 5.34. The van der Waals surface area contributed by atoms with E-state index in [1.165, 1.54) is 30.9 Å². The van der Waals surface area contributed by atoms with E-state index in [1.54, 1.807) is 11.3 Å². The molecule has 0 saturated carbocycles. The van der Waals surface area contributed by atoms with E-state index in [9.17, 15) is 0 Å².